The number of nitrogens with zero attached hydrogens (tertiary/aromatic N) is 1. The molecule has 3 heteroatoms. The Morgan fingerprint density at radius 3 is 2.35 bits per heavy atom. The van der Waals surface area contributed by atoms with E-state index in [1.54, 1.807) is 6.26 Å². The van der Waals surface area contributed by atoms with Gasteiger partial charge in [-0.05, 0) is 41.5 Å². The number of furan rings is 1. The molecule has 1 fully saturated rings. The monoisotopic (exact) mass is 312 g/mol. The number of nitrogens with one attached hydrogen (secondary N) is 1. The molecule has 1 aliphatic rings. The van der Waals surface area contributed by atoms with Gasteiger partial charge in [0, 0.05) is 26.2 Å². The van der Waals surface area contributed by atoms with Gasteiger partial charge in [-0.3, -0.25) is 4.90 Å². The van der Waals surface area contributed by atoms with Crippen LogP contribution in [-0.4, -0.2) is 18.0 Å². The molecule has 0 amide bonds. The molecule has 0 radical (unpaired) electrons. The molecule has 2 unspecified atom stereocenters. The number of piperidine rings is 1. The van der Waals surface area contributed by atoms with Crippen LogP contribution in [0.25, 0.3) is 0 Å². The van der Waals surface area contributed by atoms with E-state index < -0.39 is 0 Å². The molecule has 2 aromatic rings. The van der Waals surface area contributed by atoms with E-state index in [4.69, 9.17) is 4.42 Å². The summed E-state index contributed by atoms with van der Waals surface area (Å²) in [6, 6.07) is 12.9. The van der Waals surface area contributed by atoms with Gasteiger partial charge < -0.3 is 9.73 Å². The van der Waals surface area contributed by atoms with Crippen LogP contribution in [0.5, 0.6) is 0 Å². The Labute approximate surface area is 139 Å². The highest BCUT2D eigenvalue weighted by molar-refractivity contribution is 5.22. The van der Waals surface area contributed by atoms with Gasteiger partial charge in [-0.1, -0.05) is 38.1 Å². The summed E-state index contributed by atoms with van der Waals surface area (Å²) in [5.41, 5.74) is 2.74. The van der Waals surface area contributed by atoms with Gasteiger partial charge in [0.15, 0.2) is 0 Å². The summed E-state index contributed by atoms with van der Waals surface area (Å²) in [5.74, 6) is 2.63. The van der Waals surface area contributed by atoms with E-state index in [-0.39, 0.29) is 0 Å². The average Bonchev–Trinajstić information content (AvgIpc) is 3.01. The van der Waals surface area contributed by atoms with E-state index in [1.807, 2.05) is 12.1 Å². The summed E-state index contributed by atoms with van der Waals surface area (Å²) in [4.78, 5) is 2.60. The van der Waals surface area contributed by atoms with Gasteiger partial charge in [0.05, 0.1) is 12.8 Å². The topological polar surface area (TPSA) is 28.4 Å². The third-order valence-electron chi connectivity index (χ3n) is 4.58. The Kier molecular flexibility index (Phi) is 5.52. The molecule has 1 N–H and O–H groups in total. The molecule has 3 rings (SSSR count). The maximum Gasteiger partial charge on any atom is 0.117 e. The van der Waals surface area contributed by atoms with Crippen molar-refractivity contribution in [3.63, 3.8) is 0 Å². The number of rotatable bonds is 6. The van der Waals surface area contributed by atoms with Crippen LogP contribution in [0.4, 0.5) is 0 Å². The molecule has 1 aliphatic heterocycles. The fourth-order valence-electron chi connectivity index (χ4n) is 3.69. The minimum absolute atomic E-state index is 0.776. The second-order valence-corrected chi connectivity index (χ2v) is 7.14. The Morgan fingerprint density at radius 2 is 1.70 bits per heavy atom. The quantitative estimate of drug-likeness (QED) is 0.872. The first-order chi connectivity index (χ1) is 11.2. The van der Waals surface area contributed by atoms with Gasteiger partial charge in [0.2, 0.25) is 0 Å². The molecule has 2 heterocycles. The van der Waals surface area contributed by atoms with Crippen LogP contribution in [0.1, 0.15) is 37.2 Å². The van der Waals surface area contributed by atoms with Crippen molar-refractivity contribution in [1.29, 1.82) is 0 Å². The molecule has 124 valence electrons. The van der Waals surface area contributed by atoms with Crippen molar-refractivity contribution in [2.45, 2.75) is 39.9 Å². The van der Waals surface area contributed by atoms with E-state index in [0.717, 1.165) is 37.2 Å². The van der Waals surface area contributed by atoms with Crippen molar-refractivity contribution >= 4 is 0 Å². The lowest BCUT2D eigenvalue weighted by molar-refractivity contribution is 0.134. The Bertz CT molecular complexity index is 566. The smallest absolute Gasteiger partial charge is 0.117 e. The van der Waals surface area contributed by atoms with Crippen LogP contribution in [0.3, 0.4) is 0 Å². The van der Waals surface area contributed by atoms with Crippen molar-refractivity contribution in [1.82, 2.24) is 10.2 Å². The molecule has 23 heavy (non-hydrogen) atoms. The summed E-state index contributed by atoms with van der Waals surface area (Å²) in [7, 11) is 0. The zero-order chi connectivity index (χ0) is 16.1. The lowest BCUT2D eigenvalue weighted by Gasteiger charge is -2.35. The summed E-state index contributed by atoms with van der Waals surface area (Å²) in [6.45, 7) is 9.94. The Morgan fingerprint density at radius 1 is 1.00 bits per heavy atom. The fraction of sp³-hybridized carbons (Fsp3) is 0.500. The molecular weight excluding hydrogens is 284 g/mol. The number of hydrogen-bond donors (Lipinski definition) is 1. The van der Waals surface area contributed by atoms with E-state index in [2.05, 4.69) is 48.3 Å². The second-order valence-electron chi connectivity index (χ2n) is 7.14. The third-order valence-corrected chi connectivity index (χ3v) is 4.58. The molecule has 1 saturated heterocycles. The largest absolute Gasteiger partial charge is 0.468 e. The normalized spacial score (nSPS) is 22.3. The highest BCUT2D eigenvalue weighted by atomic mass is 16.3. The molecule has 3 nitrogen and oxygen atoms in total. The zero-order valence-electron chi connectivity index (χ0n) is 14.3. The lowest BCUT2D eigenvalue weighted by Crippen LogP contribution is -2.38. The van der Waals surface area contributed by atoms with Gasteiger partial charge in [0.25, 0.3) is 0 Å². The maximum atomic E-state index is 5.32. The predicted molar refractivity (Wildman–Crippen MR) is 93.9 cm³/mol. The lowest BCUT2D eigenvalue weighted by atomic mass is 9.91. The summed E-state index contributed by atoms with van der Waals surface area (Å²) < 4.78 is 5.32. The van der Waals surface area contributed by atoms with Crippen LogP contribution in [0, 0.1) is 11.8 Å². The molecular formula is C20H28N2O. The minimum Gasteiger partial charge on any atom is -0.468 e. The van der Waals surface area contributed by atoms with Crippen molar-refractivity contribution in [3.8, 4) is 0 Å². The highest BCUT2D eigenvalue weighted by Gasteiger charge is 2.21. The predicted octanol–water partition coefficient (Wildman–Crippen LogP) is 4.05. The minimum atomic E-state index is 0.776. The molecule has 0 aliphatic carbocycles. The van der Waals surface area contributed by atoms with Crippen molar-refractivity contribution in [2.75, 3.05) is 13.1 Å². The van der Waals surface area contributed by atoms with Gasteiger partial charge in [-0.2, -0.15) is 0 Å². The molecule has 1 aromatic heterocycles. The first-order valence-electron chi connectivity index (χ1n) is 8.72. The van der Waals surface area contributed by atoms with E-state index in [9.17, 15) is 0 Å². The number of benzene rings is 1. The van der Waals surface area contributed by atoms with Gasteiger partial charge in [0.1, 0.15) is 5.76 Å². The summed E-state index contributed by atoms with van der Waals surface area (Å²) in [5, 5.41) is 3.41. The third kappa shape index (κ3) is 4.95. The maximum absolute atomic E-state index is 5.32. The van der Waals surface area contributed by atoms with Crippen LogP contribution in [0.15, 0.2) is 47.1 Å². The highest BCUT2D eigenvalue weighted by Crippen LogP contribution is 2.22. The van der Waals surface area contributed by atoms with Crippen LogP contribution < -0.4 is 5.32 Å². The second kappa shape index (κ2) is 7.80. The zero-order valence-corrected chi connectivity index (χ0v) is 14.3. The standard InChI is InChI=1S/C20H28N2O/c1-16-10-17(2)14-22(13-16)15-19-7-5-18(6-8-19)11-21-12-20-4-3-9-23-20/h3-9,16-17,21H,10-15H2,1-2H3. The summed E-state index contributed by atoms with van der Waals surface area (Å²) in [6.07, 6.45) is 3.09. The SMILES string of the molecule is CC1CC(C)CN(Cc2ccc(CNCc3ccco3)cc2)C1. The Balaban J connectivity index is 1.47. The van der Waals surface area contributed by atoms with Crippen molar-refractivity contribution in [2.24, 2.45) is 11.8 Å². The number of likely N-dealkylation sites (tertiary alicyclic amines) is 1. The molecule has 1 aromatic carbocycles. The molecule has 0 saturated carbocycles. The summed E-state index contributed by atoms with van der Waals surface area (Å²) >= 11 is 0. The van der Waals surface area contributed by atoms with Crippen molar-refractivity contribution in [3.05, 3.63) is 59.5 Å². The first kappa shape index (κ1) is 16.3. The van der Waals surface area contributed by atoms with Gasteiger partial charge >= 0.3 is 0 Å². The van der Waals surface area contributed by atoms with Crippen LogP contribution in [0.2, 0.25) is 0 Å². The molecule has 0 bridgehead atoms. The van der Waals surface area contributed by atoms with Crippen molar-refractivity contribution < 1.29 is 4.42 Å². The molecule has 2 atom stereocenters. The van der Waals surface area contributed by atoms with E-state index >= 15 is 0 Å². The fourth-order valence-corrected chi connectivity index (χ4v) is 3.69. The van der Waals surface area contributed by atoms with Gasteiger partial charge in [-0.15, -0.1) is 0 Å². The van der Waals surface area contributed by atoms with Crippen LogP contribution in [-0.2, 0) is 19.6 Å². The van der Waals surface area contributed by atoms with Gasteiger partial charge in [-0.25, -0.2) is 0 Å². The van der Waals surface area contributed by atoms with E-state index in [1.165, 1.54) is 30.6 Å². The Hall–Kier alpha value is -1.58. The average molecular weight is 312 g/mol. The number of hydrogen-bond acceptors (Lipinski definition) is 3. The molecule has 0 spiro atoms. The first-order valence-corrected chi connectivity index (χ1v) is 8.72. The van der Waals surface area contributed by atoms with E-state index in [0.29, 0.717) is 0 Å². The van der Waals surface area contributed by atoms with Crippen LogP contribution >= 0.6 is 0 Å².